The van der Waals surface area contributed by atoms with Gasteiger partial charge in [-0.2, -0.15) is 5.10 Å². The average molecular weight is 287 g/mol. The van der Waals surface area contributed by atoms with Gasteiger partial charge in [-0.1, -0.05) is 0 Å². The van der Waals surface area contributed by atoms with Crippen LogP contribution in [0.1, 0.15) is 12.2 Å². The third-order valence-electron chi connectivity index (χ3n) is 3.22. The summed E-state index contributed by atoms with van der Waals surface area (Å²) >= 11 is 1.66. The van der Waals surface area contributed by atoms with Crippen LogP contribution in [-0.4, -0.2) is 33.3 Å². The Balaban J connectivity index is 1.71. The highest BCUT2D eigenvalue weighted by Crippen LogP contribution is 2.27. The number of aromatic nitrogens is 4. The SMILES string of the molecule is Cc1nc(N(C)CCCn2cccn2)c2ccsc2n1. The summed E-state index contributed by atoms with van der Waals surface area (Å²) in [5.41, 5.74) is 0. The second-order valence-corrected chi connectivity index (χ2v) is 5.67. The molecule has 3 heterocycles. The van der Waals surface area contributed by atoms with Crippen molar-refractivity contribution in [1.82, 2.24) is 19.7 Å². The van der Waals surface area contributed by atoms with E-state index in [0.29, 0.717) is 0 Å². The molecule has 0 aliphatic rings. The summed E-state index contributed by atoms with van der Waals surface area (Å²) in [6.07, 6.45) is 4.84. The smallest absolute Gasteiger partial charge is 0.140 e. The van der Waals surface area contributed by atoms with Gasteiger partial charge in [0.15, 0.2) is 0 Å². The lowest BCUT2D eigenvalue weighted by Gasteiger charge is -2.19. The van der Waals surface area contributed by atoms with Crippen LogP contribution in [0.15, 0.2) is 29.9 Å². The van der Waals surface area contributed by atoms with Gasteiger partial charge in [0.25, 0.3) is 0 Å². The fourth-order valence-electron chi connectivity index (χ4n) is 2.24. The van der Waals surface area contributed by atoms with E-state index in [1.54, 1.807) is 11.3 Å². The van der Waals surface area contributed by atoms with Gasteiger partial charge in [-0.15, -0.1) is 11.3 Å². The van der Waals surface area contributed by atoms with Gasteiger partial charge in [0, 0.05) is 32.5 Å². The van der Waals surface area contributed by atoms with E-state index in [0.717, 1.165) is 41.4 Å². The molecule has 5 nitrogen and oxygen atoms in total. The monoisotopic (exact) mass is 287 g/mol. The molecule has 104 valence electrons. The maximum Gasteiger partial charge on any atom is 0.140 e. The summed E-state index contributed by atoms with van der Waals surface area (Å²) in [7, 11) is 2.09. The summed E-state index contributed by atoms with van der Waals surface area (Å²) in [4.78, 5) is 12.3. The highest BCUT2D eigenvalue weighted by atomic mass is 32.1. The van der Waals surface area contributed by atoms with Gasteiger partial charge in [-0.25, -0.2) is 9.97 Å². The molecule has 3 rings (SSSR count). The molecule has 0 saturated heterocycles. The topological polar surface area (TPSA) is 46.8 Å². The zero-order chi connectivity index (χ0) is 13.9. The quantitative estimate of drug-likeness (QED) is 0.724. The van der Waals surface area contributed by atoms with E-state index < -0.39 is 0 Å². The van der Waals surface area contributed by atoms with E-state index in [1.165, 1.54) is 0 Å². The van der Waals surface area contributed by atoms with Gasteiger partial charge >= 0.3 is 0 Å². The van der Waals surface area contributed by atoms with Crippen LogP contribution >= 0.6 is 11.3 Å². The fourth-order valence-corrected chi connectivity index (χ4v) is 3.05. The number of anilines is 1. The number of aryl methyl sites for hydroxylation is 2. The van der Waals surface area contributed by atoms with E-state index in [9.17, 15) is 0 Å². The van der Waals surface area contributed by atoms with Crippen LogP contribution in [-0.2, 0) is 6.54 Å². The van der Waals surface area contributed by atoms with Gasteiger partial charge in [0.1, 0.15) is 16.5 Å². The van der Waals surface area contributed by atoms with Crippen LogP contribution in [0.25, 0.3) is 10.2 Å². The Labute approximate surface area is 121 Å². The number of rotatable bonds is 5. The molecule has 0 unspecified atom stereocenters. The van der Waals surface area contributed by atoms with Crippen LogP contribution in [0.4, 0.5) is 5.82 Å². The van der Waals surface area contributed by atoms with Crippen LogP contribution < -0.4 is 4.90 Å². The van der Waals surface area contributed by atoms with Gasteiger partial charge < -0.3 is 4.90 Å². The first-order valence-electron chi connectivity index (χ1n) is 6.64. The van der Waals surface area contributed by atoms with Crippen molar-refractivity contribution in [3.05, 3.63) is 35.7 Å². The van der Waals surface area contributed by atoms with E-state index in [1.807, 2.05) is 30.1 Å². The van der Waals surface area contributed by atoms with E-state index in [-0.39, 0.29) is 0 Å². The van der Waals surface area contributed by atoms with Crippen LogP contribution in [0.5, 0.6) is 0 Å². The molecule has 0 saturated carbocycles. The minimum absolute atomic E-state index is 0.828. The van der Waals surface area contributed by atoms with Crippen molar-refractivity contribution in [2.75, 3.05) is 18.5 Å². The normalized spacial score (nSPS) is 11.1. The molecule has 0 fully saturated rings. The molecule has 0 spiro atoms. The average Bonchev–Trinajstić information content (AvgIpc) is 3.08. The van der Waals surface area contributed by atoms with Crippen LogP contribution in [0.2, 0.25) is 0 Å². The van der Waals surface area contributed by atoms with Gasteiger partial charge in [0.2, 0.25) is 0 Å². The first-order chi connectivity index (χ1) is 9.74. The second kappa shape index (κ2) is 5.58. The van der Waals surface area contributed by atoms with E-state index in [4.69, 9.17) is 0 Å². The lowest BCUT2D eigenvalue weighted by atomic mass is 10.3. The Morgan fingerprint density at radius 1 is 1.35 bits per heavy atom. The van der Waals surface area contributed by atoms with Crippen molar-refractivity contribution in [3.63, 3.8) is 0 Å². The summed E-state index contributed by atoms with van der Waals surface area (Å²) in [5, 5.41) is 7.43. The molecule has 3 aromatic rings. The highest BCUT2D eigenvalue weighted by Gasteiger charge is 2.10. The molecule has 0 radical (unpaired) electrons. The fraction of sp³-hybridized carbons (Fsp3) is 0.357. The van der Waals surface area contributed by atoms with Crippen LogP contribution in [0, 0.1) is 6.92 Å². The maximum absolute atomic E-state index is 4.59. The molecule has 0 atom stereocenters. The molecule has 0 aromatic carbocycles. The predicted octanol–water partition coefficient (Wildman–Crippen LogP) is 2.72. The summed E-state index contributed by atoms with van der Waals surface area (Å²) in [6.45, 7) is 3.82. The summed E-state index contributed by atoms with van der Waals surface area (Å²) in [5.74, 6) is 1.85. The van der Waals surface area contributed by atoms with Crippen molar-refractivity contribution in [2.24, 2.45) is 0 Å². The number of thiophene rings is 1. The first kappa shape index (κ1) is 13.1. The van der Waals surface area contributed by atoms with Gasteiger partial charge in [-0.05, 0) is 30.9 Å². The largest absolute Gasteiger partial charge is 0.359 e. The summed E-state index contributed by atoms with van der Waals surface area (Å²) in [6, 6.07) is 4.05. The number of fused-ring (bicyclic) bond motifs is 1. The number of nitrogens with zero attached hydrogens (tertiary/aromatic N) is 5. The molecule has 20 heavy (non-hydrogen) atoms. The third kappa shape index (κ3) is 2.65. The van der Waals surface area contributed by atoms with E-state index >= 15 is 0 Å². The Hall–Kier alpha value is -1.95. The Morgan fingerprint density at radius 2 is 2.25 bits per heavy atom. The molecule has 0 aliphatic heterocycles. The van der Waals surface area contributed by atoms with Crippen molar-refractivity contribution in [3.8, 4) is 0 Å². The molecular formula is C14H17N5S. The zero-order valence-corrected chi connectivity index (χ0v) is 12.5. The molecule has 0 aliphatic carbocycles. The molecule has 0 bridgehead atoms. The third-order valence-corrected chi connectivity index (χ3v) is 4.02. The second-order valence-electron chi connectivity index (χ2n) is 4.78. The number of hydrogen-bond acceptors (Lipinski definition) is 5. The van der Waals surface area contributed by atoms with E-state index in [2.05, 4.69) is 38.5 Å². The lowest BCUT2D eigenvalue weighted by molar-refractivity contribution is 0.577. The van der Waals surface area contributed by atoms with Gasteiger partial charge in [0.05, 0.1) is 5.39 Å². The molecular weight excluding hydrogens is 270 g/mol. The summed E-state index contributed by atoms with van der Waals surface area (Å²) < 4.78 is 1.96. The minimum atomic E-state index is 0.828. The van der Waals surface area contributed by atoms with Crippen molar-refractivity contribution >= 4 is 27.4 Å². The number of hydrogen-bond donors (Lipinski definition) is 0. The first-order valence-corrected chi connectivity index (χ1v) is 7.52. The van der Waals surface area contributed by atoms with Crippen molar-refractivity contribution < 1.29 is 0 Å². The standard InChI is InChI=1S/C14H17N5S/c1-11-16-13(12-5-10-20-14(12)17-11)18(2)7-4-9-19-8-3-6-15-19/h3,5-6,8,10H,4,7,9H2,1-2H3. The molecule has 3 aromatic heterocycles. The minimum Gasteiger partial charge on any atom is -0.359 e. The zero-order valence-electron chi connectivity index (χ0n) is 11.7. The Bertz CT molecular complexity index is 689. The molecule has 6 heteroatoms. The van der Waals surface area contributed by atoms with Gasteiger partial charge in [-0.3, -0.25) is 4.68 Å². The predicted molar refractivity (Wildman–Crippen MR) is 82.3 cm³/mol. The Kier molecular flexibility index (Phi) is 3.64. The highest BCUT2D eigenvalue weighted by molar-refractivity contribution is 7.16. The lowest BCUT2D eigenvalue weighted by Crippen LogP contribution is -2.21. The molecule has 0 N–H and O–H groups in total. The van der Waals surface area contributed by atoms with Crippen molar-refractivity contribution in [1.29, 1.82) is 0 Å². The van der Waals surface area contributed by atoms with Crippen molar-refractivity contribution in [2.45, 2.75) is 19.9 Å². The van der Waals surface area contributed by atoms with Crippen LogP contribution in [0.3, 0.4) is 0 Å². The maximum atomic E-state index is 4.59. The molecule has 0 amide bonds. The Morgan fingerprint density at radius 3 is 3.05 bits per heavy atom.